The molecule has 0 radical (unpaired) electrons. The van der Waals surface area contributed by atoms with E-state index in [-0.39, 0.29) is 5.69 Å². The van der Waals surface area contributed by atoms with Crippen LogP contribution in [0.2, 0.25) is 0 Å². The number of aromatic amines is 1. The molecule has 0 saturated carbocycles. The van der Waals surface area contributed by atoms with E-state index in [4.69, 9.17) is 0 Å². The minimum atomic E-state index is -0.178. The van der Waals surface area contributed by atoms with Crippen LogP contribution in [0.4, 0.5) is 0 Å². The van der Waals surface area contributed by atoms with Crippen LogP contribution in [0.5, 0.6) is 0 Å². The van der Waals surface area contributed by atoms with Gasteiger partial charge in [0.25, 0.3) is 0 Å². The Morgan fingerprint density at radius 3 is 3.07 bits per heavy atom. The molecule has 1 N–H and O–H groups in total. The maximum Gasteiger partial charge on any atom is 0.343 e. The molecule has 0 saturated heterocycles. The summed E-state index contributed by atoms with van der Waals surface area (Å²) in [6, 6.07) is 2.02. The molecule has 0 aliphatic rings. The maximum absolute atomic E-state index is 11.1. The Hall–Kier alpha value is -0.530. The normalized spacial score (nSPS) is 10.8. The van der Waals surface area contributed by atoms with Crippen LogP contribution in [-0.4, -0.2) is 14.8 Å². The van der Waals surface area contributed by atoms with Crippen LogP contribution in [0, 0.1) is 0 Å². The Morgan fingerprint density at radius 1 is 1.73 bits per heavy atom. The summed E-state index contributed by atoms with van der Waals surface area (Å²) >= 11 is 6.69. The zero-order chi connectivity index (χ0) is 10.8. The van der Waals surface area contributed by atoms with Crippen molar-refractivity contribution >= 4 is 39.0 Å². The number of rotatable bonds is 3. The fourth-order valence-corrected chi connectivity index (χ4v) is 3.73. The van der Waals surface area contributed by atoms with Crippen molar-refractivity contribution in [1.29, 1.82) is 0 Å². The van der Waals surface area contributed by atoms with E-state index in [9.17, 15) is 4.79 Å². The van der Waals surface area contributed by atoms with E-state index >= 15 is 0 Å². The second-order valence-electron chi connectivity index (χ2n) is 2.85. The van der Waals surface area contributed by atoms with Gasteiger partial charge in [0.2, 0.25) is 0 Å². The molecule has 0 fully saturated rings. The average Bonchev–Trinajstić information content (AvgIpc) is 2.74. The van der Waals surface area contributed by atoms with Crippen molar-refractivity contribution in [3.05, 3.63) is 31.3 Å². The molecule has 0 aliphatic heterocycles. The van der Waals surface area contributed by atoms with Crippen LogP contribution in [0.25, 0.3) is 0 Å². The van der Waals surface area contributed by atoms with E-state index in [0.717, 1.165) is 10.2 Å². The summed E-state index contributed by atoms with van der Waals surface area (Å²) in [7, 11) is 1.71. The smallest absolute Gasteiger partial charge is 0.273 e. The van der Waals surface area contributed by atoms with E-state index in [2.05, 4.69) is 26.1 Å². The number of H-pyrrole nitrogens is 1. The van der Waals surface area contributed by atoms with Gasteiger partial charge < -0.3 is 0 Å². The van der Waals surface area contributed by atoms with E-state index in [1.807, 2.05) is 11.4 Å². The first-order chi connectivity index (χ1) is 7.18. The summed E-state index contributed by atoms with van der Waals surface area (Å²) < 4.78 is 2.62. The largest absolute Gasteiger partial charge is 0.343 e. The van der Waals surface area contributed by atoms with Crippen molar-refractivity contribution in [3.63, 3.8) is 0 Å². The average molecular weight is 306 g/mol. The molecule has 4 nitrogen and oxygen atoms in total. The van der Waals surface area contributed by atoms with E-state index in [1.165, 1.54) is 9.44 Å². The molecule has 80 valence electrons. The van der Waals surface area contributed by atoms with Gasteiger partial charge >= 0.3 is 5.69 Å². The summed E-state index contributed by atoms with van der Waals surface area (Å²) in [6.45, 7) is 0. The van der Waals surface area contributed by atoms with Gasteiger partial charge in [0.15, 0.2) is 5.16 Å². The first-order valence-electron chi connectivity index (χ1n) is 4.14. The molecule has 2 aromatic heterocycles. The van der Waals surface area contributed by atoms with Crippen molar-refractivity contribution in [2.24, 2.45) is 7.05 Å². The third-order valence-corrected chi connectivity index (χ3v) is 5.03. The molecule has 2 heterocycles. The fourth-order valence-electron chi connectivity index (χ4n) is 1.02. The number of thiophene rings is 1. The van der Waals surface area contributed by atoms with Crippen LogP contribution in [0.3, 0.4) is 0 Å². The van der Waals surface area contributed by atoms with Crippen molar-refractivity contribution in [2.45, 2.75) is 10.9 Å². The molecular weight excluding hydrogens is 298 g/mol. The number of thioether (sulfide) groups is 1. The number of hydrogen-bond donors (Lipinski definition) is 1. The fraction of sp³-hybridized carbons (Fsp3) is 0.250. The summed E-state index contributed by atoms with van der Waals surface area (Å²) in [6.07, 6.45) is 0. The lowest BCUT2D eigenvalue weighted by atomic mass is 10.5. The lowest BCUT2D eigenvalue weighted by Gasteiger charge is -1.98. The number of nitrogens with one attached hydrogen (secondary N) is 1. The lowest BCUT2D eigenvalue weighted by Crippen LogP contribution is -2.12. The Bertz CT molecular complexity index is 516. The number of halogens is 1. The highest BCUT2D eigenvalue weighted by Crippen LogP contribution is 2.29. The predicted octanol–water partition coefficient (Wildman–Crippen LogP) is 2.22. The number of aromatic nitrogens is 3. The molecule has 0 unspecified atom stereocenters. The van der Waals surface area contributed by atoms with Crippen molar-refractivity contribution in [3.8, 4) is 0 Å². The molecular formula is C8H8BrN3OS2. The monoisotopic (exact) mass is 305 g/mol. The number of hydrogen-bond acceptors (Lipinski definition) is 4. The van der Waals surface area contributed by atoms with Gasteiger partial charge in [0.1, 0.15) is 0 Å². The van der Waals surface area contributed by atoms with Crippen LogP contribution < -0.4 is 5.69 Å². The van der Waals surface area contributed by atoms with Gasteiger partial charge in [-0.25, -0.2) is 9.89 Å². The van der Waals surface area contributed by atoms with Crippen molar-refractivity contribution in [1.82, 2.24) is 14.8 Å². The molecule has 0 amide bonds. The van der Waals surface area contributed by atoms with Crippen LogP contribution in [-0.2, 0) is 12.8 Å². The Balaban J connectivity index is 2.09. The molecule has 0 aliphatic carbocycles. The van der Waals surface area contributed by atoms with E-state index < -0.39 is 0 Å². The summed E-state index contributed by atoms with van der Waals surface area (Å²) in [5.74, 6) is 0.816. The van der Waals surface area contributed by atoms with Gasteiger partial charge in [0.05, 0.1) is 0 Å². The zero-order valence-electron chi connectivity index (χ0n) is 7.86. The highest BCUT2D eigenvalue weighted by Gasteiger charge is 2.07. The Morgan fingerprint density at radius 2 is 2.53 bits per heavy atom. The van der Waals surface area contributed by atoms with Crippen LogP contribution in [0.15, 0.2) is 25.9 Å². The first-order valence-corrected chi connectivity index (χ1v) is 6.80. The molecule has 0 aromatic carbocycles. The minimum absolute atomic E-state index is 0.178. The minimum Gasteiger partial charge on any atom is -0.273 e. The van der Waals surface area contributed by atoms with Crippen molar-refractivity contribution < 1.29 is 0 Å². The summed E-state index contributed by atoms with van der Waals surface area (Å²) in [4.78, 5) is 12.3. The maximum atomic E-state index is 11.1. The van der Waals surface area contributed by atoms with Gasteiger partial charge in [0, 0.05) is 22.2 Å². The van der Waals surface area contributed by atoms with Crippen molar-refractivity contribution in [2.75, 3.05) is 0 Å². The van der Waals surface area contributed by atoms with Gasteiger partial charge in [-0.3, -0.25) is 4.57 Å². The molecule has 15 heavy (non-hydrogen) atoms. The van der Waals surface area contributed by atoms with E-state index in [0.29, 0.717) is 5.16 Å². The molecule has 2 rings (SSSR count). The molecule has 2 aromatic rings. The van der Waals surface area contributed by atoms with Gasteiger partial charge in [-0.2, -0.15) is 0 Å². The van der Waals surface area contributed by atoms with Gasteiger partial charge in [-0.05, 0) is 27.4 Å². The highest BCUT2D eigenvalue weighted by atomic mass is 79.9. The second kappa shape index (κ2) is 4.54. The summed E-state index contributed by atoms with van der Waals surface area (Å²) in [5.41, 5.74) is -0.178. The Kier molecular flexibility index (Phi) is 3.32. The van der Waals surface area contributed by atoms with Crippen LogP contribution in [0.1, 0.15) is 4.88 Å². The lowest BCUT2D eigenvalue weighted by molar-refractivity contribution is 0.766. The molecule has 0 bridgehead atoms. The Labute approximate surface area is 103 Å². The number of nitrogens with zero attached hydrogens (tertiary/aromatic N) is 2. The topological polar surface area (TPSA) is 50.7 Å². The quantitative estimate of drug-likeness (QED) is 0.885. The zero-order valence-corrected chi connectivity index (χ0v) is 11.1. The van der Waals surface area contributed by atoms with Gasteiger partial charge in [-0.1, -0.05) is 11.8 Å². The second-order valence-corrected chi connectivity index (χ2v) is 5.65. The highest BCUT2D eigenvalue weighted by molar-refractivity contribution is 9.10. The molecule has 7 heteroatoms. The molecule has 0 atom stereocenters. The van der Waals surface area contributed by atoms with Crippen LogP contribution >= 0.6 is 39.0 Å². The third kappa shape index (κ3) is 2.35. The standard InChI is InChI=1S/C8H8BrN3OS2/c1-12-7(13)10-11-8(12)15-4-6-5(9)2-3-14-6/h2-3H,4H2,1H3,(H,10,13). The predicted molar refractivity (Wildman–Crippen MR) is 65.4 cm³/mol. The summed E-state index contributed by atoms with van der Waals surface area (Å²) in [5, 5.41) is 9.07. The first kappa shape index (κ1) is 11.0. The SMILES string of the molecule is Cn1c(SCc2sccc2Br)n[nH]c1=O. The van der Waals surface area contributed by atoms with E-state index in [1.54, 1.807) is 30.1 Å². The third-order valence-electron chi connectivity index (χ3n) is 1.86. The molecule has 0 spiro atoms. The van der Waals surface area contributed by atoms with Gasteiger partial charge in [-0.15, -0.1) is 16.4 Å².